The zero-order valence-electron chi connectivity index (χ0n) is 14.7. The maximum atomic E-state index is 12.1. The first-order valence-corrected chi connectivity index (χ1v) is 11.0. The maximum Gasteiger partial charge on any atom is 0.230 e. The summed E-state index contributed by atoms with van der Waals surface area (Å²) in [6, 6.07) is 14.6. The summed E-state index contributed by atoms with van der Waals surface area (Å²) in [5.74, 6) is 1.16. The molecule has 1 atom stereocenters. The molecule has 2 rings (SSSR count). The largest absolute Gasteiger partial charge is 0.349 e. The van der Waals surface area contributed by atoms with Crippen LogP contribution in [0.15, 0.2) is 53.4 Å². The fourth-order valence-electron chi connectivity index (χ4n) is 2.40. The van der Waals surface area contributed by atoms with E-state index in [1.54, 1.807) is 36.0 Å². The monoisotopic (exact) mass is 377 g/mol. The number of amides is 1. The third-order valence-electron chi connectivity index (χ3n) is 3.94. The predicted octanol–water partition coefficient (Wildman–Crippen LogP) is 3.51. The van der Waals surface area contributed by atoms with Gasteiger partial charge in [0.2, 0.25) is 5.91 Å². The van der Waals surface area contributed by atoms with E-state index < -0.39 is 9.84 Å². The summed E-state index contributed by atoms with van der Waals surface area (Å²) in [6.45, 7) is 3.96. The number of hydrogen-bond acceptors (Lipinski definition) is 4. The van der Waals surface area contributed by atoms with Crippen molar-refractivity contribution in [3.63, 3.8) is 0 Å². The molecule has 1 amide bonds. The predicted molar refractivity (Wildman–Crippen MR) is 103 cm³/mol. The van der Waals surface area contributed by atoms with Gasteiger partial charge in [0.1, 0.15) is 0 Å². The summed E-state index contributed by atoms with van der Waals surface area (Å²) < 4.78 is 23.0. The first-order valence-electron chi connectivity index (χ1n) is 7.99. The molecular formula is C19H23NO3S2. The molecule has 0 saturated carbocycles. The number of aryl methyl sites for hydroxylation is 1. The second kappa shape index (κ2) is 8.54. The van der Waals surface area contributed by atoms with E-state index in [0.717, 1.165) is 11.3 Å². The van der Waals surface area contributed by atoms with Crippen molar-refractivity contribution in [1.82, 2.24) is 5.32 Å². The summed E-state index contributed by atoms with van der Waals surface area (Å²) in [6.07, 6.45) is 1.18. The SMILES string of the molecule is Cc1ccccc1CSCC(=O)NC(C)c1ccc(S(C)(=O)=O)cc1. The molecule has 0 aliphatic rings. The van der Waals surface area contributed by atoms with E-state index in [1.165, 1.54) is 17.4 Å². The molecule has 0 saturated heterocycles. The Labute approximate surface area is 154 Å². The summed E-state index contributed by atoms with van der Waals surface area (Å²) in [5.41, 5.74) is 3.35. The maximum absolute atomic E-state index is 12.1. The van der Waals surface area contributed by atoms with Gasteiger partial charge in [-0.3, -0.25) is 4.79 Å². The Morgan fingerprint density at radius 1 is 1.12 bits per heavy atom. The van der Waals surface area contributed by atoms with Crippen LogP contribution in [0.5, 0.6) is 0 Å². The van der Waals surface area contributed by atoms with Gasteiger partial charge >= 0.3 is 0 Å². The van der Waals surface area contributed by atoms with Crippen molar-refractivity contribution in [2.75, 3.05) is 12.0 Å². The van der Waals surface area contributed by atoms with Crippen molar-refractivity contribution in [2.45, 2.75) is 30.5 Å². The summed E-state index contributed by atoms with van der Waals surface area (Å²) in [5, 5.41) is 2.95. The highest BCUT2D eigenvalue weighted by Gasteiger charge is 2.12. The van der Waals surface area contributed by atoms with Gasteiger partial charge in [0.25, 0.3) is 0 Å². The van der Waals surface area contributed by atoms with Gasteiger partial charge in [0.15, 0.2) is 9.84 Å². The highest BCUT2D eigenvalue weighted by Crippen LogP contribution is 2.18. The Balaban J connectivity index is 1.84. The molecule has 25 heavy (non-hydrogen) atoms. The van der Waals surface area contributed by atoms with E-state index in [2.05, 4.69) is 24.4 Å². The molecule has 0 aromatic heterocycles. The zero-order valence-corrected chi connectivity index (χ0v) is 16.3. The lowest BCUT2D eigenvalue weighted by Crippen LogP contribution is -2.28. The average Bonchev–Trinajstić information content (AvgIpc) is 2.56. The van der Waals surface area contributed by atoms with E-state index >= 15 is 0 Å². The van der Waals surface area contributed by atoms with Crippen molar-refractivity contribution < 1.29 is 13.2 Å². The summed E-state index contributed by atoms with van der Waals surface area (Å²) >= 11 is 1.58. The molecule has 0 aliphatic heterocycles. The standard InChI is InChI=1S/C19H23NO3S2/c1-14-6-4-5-7-17(14)12-24-13-19(21)20-15(2)16-8-10-18(11-9-16)25(3,22)23/h4-11,15H,12-13H2,1-3H3,(H,20,21). The van der Waals surface area contributed by atoms with Crippen LogP contribution in [0.2, 0.25) is 0 Å². The third kappa shape index (κ3) is 5.90. The number of hydrogen-bond donors (Lipinski definition) is 1. The highest BCUT2D eigenvalue weighted by molar-refractivity contribution is 7.99. The lowest BCUT2D eigenvalue weighted by atomic mass is 10.1. The van der Waals surface area contributed by atoms with E-state index in [9.17, 15) is 13.2 Å². The number of thioether (sulfide) groups is 1. The number of sulfone groups is 1. The molecule has 1 N–H and O–H groups in total. The van der Waals surface area contributed by atoms with E-state index in [0.29, 0.717) is 5.75 Å². The van der Waals surface area contributed by atoms with Crippen molar-refractivity contribution in [3.8, 4) is 0 Å². The van der Waals surface area contributed by atoms with Gasteiger partial charge in [-0.1, -0.05) is 36.4 Å². The van der Waals surface area contributed by atoms with Gasteiger partial charge < -0.3 is 5.32 Å². The zero-order chi connectivity index (χ0) is 18.4. The molecule has 0 fully saturated rings. The molecule has 134 valence electrons. The lowest BCUT2D eigenvalue weighted by molar-refractivity contribution is -0.119. The summed E-state index contributed by atoms with van der Waals surface area (Å²) in [7, 11) is -3.20. The van der Waals surface area contributed by atoms with Crippen molar-refractivity contribution in [1.29, 1.82) is 0 Å². The Bertz CT molecular complexity index is 830. The van der Waals surface area contributed by atoms with Gasteiger partial charge in [0, 0.05) is 12.0 Å². The van der Waals surface area contributed by atoms with E-state index in [1.807, 2.05) is 19.1 Å². The quantitative estimate of drug-likeness (QED) is 0.802. The van der Waals surface area contributed by atoms with Gasteiger partial charge in [-0.05, 0) is 42.7 Å². The van der Waals surface area contributed by atoms with Crippen LogP contribution in [0, 0.1) is 6.92 Å². The van der Waals surface area contributed by atoms with Crippen LogP contribution in [0.25, 0.3) is 0 Å². The van der Waals surface area contributed by atoms with Crippen LogP contribution in [0.3, 0.4) is 0 Å². The molecule has 0 heterocycles. The number of nitrogens with one attached hydrogen (secondary N) is 1. The van der Waals surface area contributed by atoms with Gasteiger partial charge in [0.05, 0.1) is 16.7 Å². The fourth-order valence-corrected chi connectivity index (χ4v) is 3.94. The van der Waals surface area contributed by atoms with Crippen LogP contribution in [-0.2, 0) is 20.4 Å². The summed E-state index contributed by atoms with van der Waals surface area (Å²) in [4.78, 5) is 12.4. The Morgan fingerprint density at radius 3 is 2.36 bits per heavy atom. The van der Waals surface area contributed by atoms with E-state index in [-0.39, 0.29) is 16.8 Å². The molecule has 0 radical (unpaired) electrons. The topological polar surface area (TPSA) is 63.2 Å². The van der Waals surface area contributed by atoms with Gasteiger partial charge in [-0.2, -0.15) is 0 Å². The van der Waals surface area contributed by atoms with E-state index in [4.69, 9.17) is 0 Å². The van der Waals surface area contributed by atoms with Crippen LogP contribution < -0.4 is 5.32 Å². The molecule has 6 heteroatoms. The third-order valence-corrected chi connectivity index (χ3v) is 6.05. The van der Waals surface area contributed by atoms with Crippen LogP contribution in [0.1, 0.15) is 29.7 Å². The minimum absolute atomic E-state index is 0.0294. The number of carbonyl (C=O) groups excluding carboxylic acids is 1. The normalized spacial score (nSPS) is 12.6. The number of rotatable bonds is 7. The minimum Gasteiger partial charge on any atom is -0.349 e. The van der Waals surface area contributed by atoms with Gasteiger partial charge in [-0.15, -0.1) is 11.8 Å². The van der Waals surface area contributed by atoms with Crippen molar-refractivity contribution >= 4 is 27.5 Å². The Kier molecular flexibility index (Phi) is 6.67. The van der Waals surface area contributed by atoms with Crippen molar-refractivity contribution in [3.05, 3.63) is 65.2 Å². The minimum atomic E-state index is -3.20. The first-order chi connectivity index (χ1) is 11.8. The molecule has 0 aliphatic carbocycles. The number of carbonyl (C=O) groups is 1. The Morgan fingerprint density at radius 2 is 1.76 bits per heavy atom. The molecular weight excluding hydrogens is 354 g/mol. The average molecular weight is 378 g/mol. The first kappa shape index (κ1) is 19.5. The van der Waals surface area contributed by atoms with Crippen molar-refractivity contribution in [2.24, 2.45) is 0 Å². The molecule has 0 bridgehead atoms. The molecule has 1 unspecified atom stereocenters. The van der Waals surface area contributed by atoms with Crippen LogP contribution in [-0.4, -0.2) is 26.3 Å². The van der Waals surface area contributed by atoms with Gasteiger partial charge in [-0.25, -0.2) is 8.42 Å². The lowest BCUT2D eigenvalue weighted by Gasteiger charge is -2.15. The smallest absolute Gasteiger partial charge is 0.230 e. The molecule has 0 spiro atoms. The molecule has 2 aromatic carbocycles. The molecule has 4 nitrogen and oxygen atoms in total. The second-order valence-corrected chi connectivity index (χ2v) is 9.05. The Hall–Kier alpha value is -1.79. The second-order valence-electron chi connectivity index (χ2n) is 6.05. The van der Waals surface area contributed by atoms with Crippen LogP contribution in [0.4, 0.5) is 0 Å². The highest BCUT2D eigenvalue weighted by atomic mass is 32.2. The number of benzene rings is 2. The van der Waals surface area contributed by atoms with Crippen LogP contribution >= 0.6 is 11.8 Å². The molecule has 2 aromatic rings. The fraction of sp³-hybridized carbons (Fsp3) is 0.316.